The summed E-state index contributed by atoms with van der Waals surface area (Å²) in [7, 11) is 1.61. The molecule has 0 radical (unpaired) electrons. The van der Waals surface area contributed by atoms with E-state index in [0.717, 1.165) is 46.2 Å². The van der Waals surface area contributed by atoms with Crippen LogP contribution >= 0.6 is 0 Å². The number of fused-ring (bicyclic) bond motifs is 2. The maximum atomic E-state index is 6.21. The van der Waals surface area contributed by atoms with Crippen LogP contribution in [0.3, 0.4) is 0 Å². The smallest absolute Gasteiger partial charge is 0.217 e. The van der Waals surface area contributed by atoms with E-state index in [4.69, 9.17) is 15.5 Å². The molecule has 184 valence electrons. The Balaban J connectivity index is 1.47. The lowest BCUT2D eigenvalue weighted by molar-refractivity contribution is 0.388. The van der Waals surface area contributed by atoms with Gasteiger partial charge in [-0.2, -0.15) is 5.10 Å². The molecule has 11 heteroatoms. The third kappa shape index (κ3) is 3.99. The first-order valence-corrected chi connectivity index (χ1v) is 11.9. The molecule has 0 saturated carbocycles. The number of H-pyrrole nitrogens is 2. The Kier molecular flexibility index (Phi) is 5.64. The van der Waals surface area contributed by atoms with Gasteiger partial charge in [-0.3, -0.25) is 10.1 Å². The maximum absolute atomic E-state index is 6.21. The Morgan fingerprint density at radius 1 is 0.973 bits per heavy atom. The second-order valence-corrected chi connectivity index (χ2v) is 8.66. The van der Waals surface area contributed by atoms with Crippen molar-refractivity contribution in [2.75, 3.05) is 12.8 Å². The zero-order valence-corrected chi connectivity index (χ0v) is 20.3. The van der Waals surface area contributed by atoms with Gasteiger partial charge in [0.1, 0.15) is 17.0 Å². The van der Waals surface area contributed by atoms with Crippen molar-refractivity contribution < 1.29 is 4.74 Å². The van der Waals surface area contributed by atoms with Crippen molar-refractivity contribution in [1.82, 2.24) is 45.1 Å². The molecule has 1 atom stereocenters. The zero-order chi connectivity index (χ0) is 25.4. The fourth-order valence-electron chi connectivity index (χ4n) is 4.58. The van der Waals surface area contributed by atoms with Gasteiger partial charge in [0.25, 0.3) is 0 Å². The SMILES string of the molecule is CCCC(c1nc(N)c2nc[nH]c2n1)c1cc(-c2cnc3[nH]nc(-c4ccncc4)c3c2)cnc1OC. The number of rotatable bonds is 7. The summed E-state index contributed by atoms with van der Waals surface area (Å²) in [5, 5.41) is 8.40. The zero-order valence-electron chi connectivity index (χ0n) is 20.3. The molecule has 6 heterocycles. The molecule has 6 rings (SSSR count). The highest BCUT2D eigenvalue weighted by Crippen LogP contribution is 2.37. The molecule has 6 aromatic rings. The van der Waals surface area contributed by atoms with Gasteiger partial charge in [-0.25, -0.2) is 24.9 Å². The Morgan fingerprint density at radius 3 is 2.59 bits per heavy atom. The summed E-state index contributed by atoms with van der Waals surface area (Å²) in [5.41, 5.74) is 12.5. The van der Waals surface area contributed by atoms with Gasteiger partial charge >= 0.3 is 0 Å². The second-order valence-electron chi connectivity index (χ2n) is 8.66. The molecular weight excluding hydrogens is 468 g/mol. The number of hydrogen-bond acceptors (Lipinski definition) is 9. The van der Waals surface area contributed by atoms with Gasteiger partial charge in [-0.1, -0.05) is 13.3 Å². The highest BCUT2D eigenvalue weighted by Gasteiger charge is 2.24. The summed E-state index contributed by atoms with van der Waals surface area (Å²) < 4.78 is 5.67. The van der Waals surface area contributed by atoms with E-state index in [1.807, 2.05) is 18.3 Å². The average molecular weight is 493 g/mol. The summed E-state index contributed by atoms with van der Waals surface area (Å²) in [6.07, 6.45) is 10.3. The minimum Gasteiger partial charge on any atom is -0.481 e. The van der Waals surface area contributed by atoms with Crippen LogP contribution in [-0.4, -0.2) is 52.2 Å². The highest BCUT2D eigenvalue weighted by molar-refractivity contribution is 5.93. The van der Waals surface area contributed by atoms with Crippen molar-refractivity contribution in [3.05, 3.63) is 66.8 Å². The number of nitrogens with two attached hydrogens (primary N) is 1. The average Bonchev–Trinajstić information content (AvgIpc) is 3.59. The first-order valence-electron chi connectivity index (χ1n) is 11.9. The topological polar surface area (TPSA) is 157 Å². The Bertz CT molecular complexity index is 1710. The molecule has 4 N–H and O–H groups in total. The number of nitrogen functional groups attached to an aromatic ring is 1. The van der Waals surface area contributed by atoms with Crippen LogP contribution in [0.5, 0.6) is 5.88 Å². The van der Waals surface area contributed by atoms with Crippen LogP contribution < -0.4 is 10.5 Å². The standard InChI is InChI=1S/C26H24N10O/c1-3-4-17(24-33-22(27)21-25(34-24)32-13-31-21)18-9-15(12-30-26(18)37-2)16-10-19-20(14-5-7-28-8-6-14)35-36-23(19)29-11-16/h5-13,17H,3-4H2,1-2H3,(H,29,35,36)(H3,27,31,32,33,34). The number of aromatic nitrogens is 9. The number of ether oxygens (including phenoxy) is 1. The molecule has 0 bridgehead atoms. The summed E-state index contributed by atoms with van der Waals surface area (Å²) in [5.74, 6) is 1.27. The van der Waals surface area contributed by atoms with Crippen LogP contribution in [-0.2, 0) is 0 Å². The lowest BCUT2D eigenvalue weighted by atomic mass is 9.92. The van der Waals surface area contributed by atoms with Crippen LogP contribution in [0.1, 0.15) is 37.1 Å². The third-order valence-corrected chi connectivity index (χ3v) is 6.36. The second kappa shape index (κ2) is 9.26. The molecule has 37 heavy (non-hydrogen) atoms. The van der Waals surface area contributed by atoms with Gasteiger partial charge in [0.05, 0.1) is 13.4 Å². The molecule has 0 aliphatic heterocycles. The lowest BCUT2D eigenvalue weighted by Gasteiger charge is -2.19. The van der Waals surface area contributed by atoms with E-state index in [1.165, 1.54) is 0 Å². The van der Waals surface area contributed by atoms with Crippen molar-refractivity contribution in [2.24, 2.45) is 0 Å². The number of aromatic amines is 2. The van der Waals surface area contributed by atoms with Crippen molar-refractivity contribution in [2.45, 2.75) is 25.7 Å². The number of pyridine rings is 3. The van der Waals surface area contributed by atoms with Gasteiger partial charge in [0.15, 0.2) is 17.1 Å². The Morgan fingerprint density at radius 2 is 1.78 bits per heavy atom. The van der Waals surface area contributed by atoms with Gasteiger partial charge in [-0.15, -0.1) is 0 Å². The normalized spacial score (nSPS) is 12.3. The first kappa shape index (κ1) is 22.5. The van der Waals surface area contributed by atoms with Crippen molar-refractivity contribution in [3.63, 3.8) is 0 Å². The lowest BCUT2D eigenvalue weighted by Crippen LogP contribution is -2.11. The molecule has 0 aliphatic rings. The number of anilines is 1. The van der Waals surface area contributed by atoms with E-state index < -0.39 is 0 Å². The molecule has 0 spiro atoms. The molecule has 6 aromatic heterocycles. The molecule has 0 amide bonds. The quantitative estimate of drug-likeness (QED) is 0.296. The number of nitrogens with one attached hydrogen (secondary N) is 2. The first-order chi connectivity index (χ1) is 18.2. The minimum atomic E-state index is -0.180. The highest BCUT2D eigenvalue weighted by atomic mass is 16.5. The van der Waals surface area contributed by atoms with E-state index in [9.17, 15) is 0 Å². The van der Waals surface area contributed by atoms with Crippen LogP contribution in [0, 0.1) is 0 Å². The molecule has 0 aliphatic carbocycles. The predicted molar refractivity (Wildman–Crippen MR) is 140 cm³/mol. The maximum Gasteiger partial charge on any atom is 0.217 e. The number of hydrogen-bond donors (Lipinski definition) is 3. The van der Waals surface area contributed by atoms with Crippen molar-refractivity contribution in [3.8, 4) is 28.3 Å². The fraction of sp³-hybridized carbons (Fsp3) is 0.192. The predicted octanol–water partition coefficient (Wildman–Crippen LogP) is 4.27. The van der Waals surface area contributed by atoms with Gasteiger partial charge in [0.2, 0.25) is 5.88 Å². The van der Waals surface area contributed by atoms with Gasteiger partial charge in [-0.05, 0) is 30.7 Å². The minimum absolute atomic E-state index is 0.180. The Labute approximate surface area is 211 Å². The van der Waals surface area contributed by atoms with Crippen LogP contribution in [0.2, 0.25) is 0 Å². The summed E-state index contributed by atoms with van der Waals surface area (Å²) in [6.45, 7) is 2.12. The summed E-state index contributed by atoms with van der Waals surface area (Å²) >= 11 is 0. The monoisotopic (exact) mass is 492 g/mol. The van der Waals surface area contributed by atoms with Gasteiger partial charge < -0.3 is 15.5 Å². The van der Waals surface area contributed by atoms with Crippen molar-refractivity contribution >= 4 is 28.0 Å². The third-order valence-electron chi connectivity index (χ3n) is 6.36. The van der Waals surface area contributed by atoms with Crippen LogP contribution in [0.4, 0.5) is 5.82 Å². The molecule has 0 fully saturated rings. The molecule has 0 aromatic carbocycles. The summed E-state index contributed by atoms with van der Waals surface area (Å²) in [4.78, 5) is 29.9. The van der Waals surface area contributed by atoms with Crippen LogP contribution in [0.25, 0.3) is 44.6 Å². The van der Waals surface area contributed by atoms with E-state index in [0.29, 0.717) is 34.3 Å². The Hall–Kier alpha value is -4.93. The fourth-order valence-corrected chi connectivity index (χ4v) is 4.58. The van der Waals surface area contributed by atoms with E-state index in [-0.39, 0.29) is 5.92 Å². The van der Waals surface area contributed by atoms with E-state index >= 15 is 0 Å². The molecule has 0 saturated heterocycles. The van der Waals surface area contributed by atoms with Crippen LogP contribution in [0.15, 0.2) is 55.4 Å². The van der Waals surface area contributed by atoms with Crippen molar-refractivity contribution in [1.29, 1.82) is 0 Å². The van der Waals surface area contributed by atoms with E-state index in [2.05, 4.69) is 59.2 Å². The molecular formula is C26H24N10O. The molecule has 1 unspecified atom stereocenters. The largest absolute Gasteiger partial charge is 0.481 e. The van der Waals surface area contributed by atoms with E-state index in [1.54, 1.807) is 32.0 Å². The number of methoxy groups -OCH3 is 1. The number of imidazole rings is 1. The number of nitrogens with zero attached hydrogens (tertiary/aromatic N) is 7. The van der Waals surface area contributed by atoms with Gasteiger partial charge in [0, 0.05) is 58.3 Å². The summed E-state index contributed by atoms with van der Waals surface area (Å²) in [6, 6.07) is 7.98. The molecule has 11 nitrogen and oxygen atoms in total.